The highest BCUT2D eigenvalue weighted by Crippen LogP contribution is 2.27. The lowest BCUT2D eigenvalue weighted by atomic mass is 10.2. The molecule has 0 unspecified atom stereocenters. The standard InChI is InChI=1S/C12H10ClN5OS2/c1-7(9-2-3-10(13)21-9)15-12(19)11-8(4-5-20-11)18-6-14-16-17-18/h2-7H,1H3,(H,15,19)/t7-/m1/s1. The van der Waals surface area contributed by atoms with E-state index in [0.717, 1.165) is 4.88 Å². The highest BCUT2D eigenvalue weighted by Gasteiger charge is 2.18. The molecule has 21 heavy (non-hydrogen) atoms. The molecule has 0 aliphatic heterocycles. The number of carbonyl (C=O) groups excluding carboxylic acids is 1. The Kier molecular flexibility index (Phi) is 4.00. The van der Waals surface area contributed by atoms with Crippen molar-refractivity contribution in [2.75, 3.05) is 0 Å². The molecule has 1 amide bonds. The Hall–Kier alpha value is -1.77. The van der Waals surface area contributed by atoms with Crippen molar-refractivity contribution in [3.63, 3.8) is 0 Å². The lowest BCUT2D eigenvalue weighted by molar-refractivity contribution is 0.0944. The molecule has 0 aromatic carbocycles. The zero-order valence-corrected chi connectivity index (χ0v) is 13.2. The minimum Gasteiger partial charge on any atom is -0.344 e. The number of hydrogen-bond acceptors (Lipinski definition) is 6. The van der Waals surface area contributed by atoms with Crippen LogP contribution >= 0.6 is 34.3 Å². The van der Waals surface area contributed by atoms with Crippen LogP contribution in [0.5, 0.6) is 0 Å². The van der Waals surface area contributed by atoms with Gasteiger partial charge in [0.1, 0.15) is 11.2 Å². The fourth-order valence-electron chi connectivity index (χ4n) is 1.82. The van der Waals surface area contributed by atoms with E-state index in [-0.39, 0.29) is 11.9 Å². The Morgan fingerprint density at radius 3 is 2.95 bits per heavy atom. The molecule has 0 aliphatic rings. The summed E-state index contributed by atoms with van der Waals surface area (Å²) in [6.45, 7) is 1.92. The molecule has 3 aromatic rings. The molecular weight excluding hydrogens is 330 g/mol. The van der Waals surface area contributed by atoms with E-state index in [2.05, 4.69) is 20.8 Å². The topological polar surface area (TPSA) is 72.7 Å². The molecule has 0 spiro atoms. The Morgan fingerprint density at radius 1 is 1.43 bits per heavy atom. The average Bonchev–Trinajstić information content (AvgIpc) is 3.19. The van der Waals surface area contributed by atoms with Crippen molar-refractivity contribution in [1.29, 1.82) is 0 Å². The molecule has 1 N–H and O–H groups in total. The first-order valence-corrected chi connectivity index (χ1v) is 8.09. The number of tetrazole rings is 1. The molecule has 0 aliphatic carbocycles. The van der Waals surface area contributed by atoms with Crippen LogP contribution in [0.4, 0.5) is 0 Å². The van der Waals surface area contributed by atoms with Crippen molar-refractivity contribution in [2.24, 2.45) is 0 Å². The minimum atomic E-state index is -0.160. The zero-order chi connectivity index (χ0) is 14.8. The number of nitrogens with zero attached hydrogens (tertiary/aromatic N) is 4. The summed E-state index contributed by atoms with van der Waals surface area (Å²) in [5.74, 6) is -0.160. The van der Waals surface area contributed by atoms with Crippen LogP contribution in [0, 0.1) is 0 Å². The molecule has 9 heteroatoms. The zero-order valence-electron chi connectivity index (χ0n) is 10.9. The van der Waals surface area contributed by atoms with Gasteiger partial charge in [0.2, 0.25) is 0 Å². The smallest absolute Gasteiger partial charge is 0.264 e. The molecular formula is C12H10ClN5OS2. The second-order valence-corrected chi connectivity index (χ2v) is 6.89. The van der Waals surface area contributed by atoms with Gasteiger partial charge in [0.15, 0.2) is 0 Å². The van der Waals surface area contributed by atoms with Crippen LogP contribution < -0.4 is 5.32 Å². The summed E-state index contributed by atoms with van der Waals surface area (Å²) in [7, 11) is 0. The normalized spacial score (nSPS) is 12.3. The van der Waals surface area contributed by atoms with Crippen LogP contribution in [0.2, 0.25) is 4.34 Å². The van der Waals surface area contributed by atoms with Crippen molar-refractivity contribution in [3.05, 3.63) is 44.0 Å². The highest BCUT2D eigenvalue weighted by atomic mass is 35.5. The summed E-state index contributed by atoms with van der Waals surface area (Å²) in [5.41, 5.74) is 0.666. The van der Waals surface area contributed by atoms with Gasteiger partial charge >= 0.3 is 0 Å². The minimum absolute atomic E-state index is 0.112. The third-order valence-electron chi connectivity index (χ3n) is 2.81. The molecule has 3 heterocycles. The Morgan fingerprint density at radius 2 is 2.29 bits per heavy atom. The highest BCUT2D eigenvalue weighted by molar-refractivity contribution is 7.16. The van der Waals surface area contributed by atoms with Gasteiger partial charge in [-0.1, -0.05) is 11.6 Å². The van der Waals surface area contributed by atoms with Gasteiger partial charge in [-0.05, 0) is 40.9 Å². The third-order valence-corrected chi connectivity index (χ3v) is 5.13. The van der Waals surface area contributed by atoms with Crippen LogP contribution in [0.1, 0.15) is 27.5 Å². The first kappa shape index (κ1) is 14.2. The summed E-state index contributed by atoms with van der Waals surface area (Å²) < 4.78 is 2.18. The predicted molar refractivity (Wildman–Crippen MR) is 82.2 cm³/mol. The van der Waals surface area contributed by atoms with Crippen molar-refractivity contribution in [1.82, 2.24) is 25.5 Å². The number of aromatic nitrogens is 4. The largest absolute Gasteiger partial charge is 0.344 e. The number of thiophene rings is 2. The molecule has 1 atom stereocenters. The van der Waals surface area contributed by atoms with E-state index in [4.69, 9.17) is 11.6 Å². The molecule has 0 saturated heterocycles. The van der Waals surface area contributed by atoms with Crippen molar-refractivity contribution < 1.29 is 4.79 Å². The maximum absolute atomic E-state index is 12.4. The van der Waals surface area contributed by atoms with E-state index in [1.54, 1.807) is 0 Å². The van der Waals surface area contributed by atoms with Gasteiger partial charge in [0.05, 0.1) is 16.1 Å². The lowest BCUT2D eigenvalue weighted by Crippen LogP contribution is -2.26. The number of hydrogen-bond donors (Lipinski definition) is 1. The van der Waals surface area contributed by atoms with Crippen LogP contribution in [0.15, 0.2) is 29.9 Å². The van der Waals surface area contributed by atoms with Crippen molar-refractivity contribution in [3.8, 4) is 5.69 Å². The van der Waals surface area contributed by atoms with Crippen LogP contribution in [0.25, 0.3) is 5.69 Å². The van der Waals surface area contributed by atoms with Gasteiger partial charge in [-0.3, -0.25) is 4.79 Å². The summed E-state index contributed by atoms with van der Waals surface area (Å²) in [6, 6.07) is 5.43. The van der Waals surface area contributed by atoms with Crippen molar-refractivity contribution in [2.45, 2.75) is 13.0 Å². The summed E-state index contributed by atoms with van der Waals surface area (Å²) in [6.07, 6.45) is 1.46. The number of halogens is 1. The SMILES string of the molecule is C[C@@H](NC(=O)c1sccc1-n1cnnn1)c1ccc(Cl)s1. The fourth-order valence-corrected chi connectivity index (χ4v) is 3.66. The third kappa shape index (κ3) is 2.97. The predicted octanol–water partition coefficient (Wildman–Crippen LogP) is 2.93. The number of amides is 1. The van der Waals surface area contributed by atoms with Gasteiger partial charge in [0, 0.05) is 4.88 Å². The Labute approximate surface area is 133 Å². The maximum atomic E-state index is 12.4. The fraction of sp³-hybridized carbons (Fsp3) is 0.167. The van der Waals surface area contributed by atoms with Gasteiger partial charge in [0.25, 0.3) is 5.91 Å². The van der Waals surface area contributed by atoms with Crippen molar-refractivity contribution >= 4 is 40.2 Å². The summed E-state index contributed by atoms with van der Waals surface area (Å²) in [4.78, 5) is 14.0. The van der Waals surface area contributed by atoms with E-state index in [1.807, 2.05) is 30.5 Å². The Bertz CT molecular complexity index is 751. The molecule has 6 nitrogen and oxygen atoms in total. The van der Waals surface area contributed by atoms with Gasteiger partial charge < -0.3 is 5.32 Å². The lowest BCUT2D eigenvalue weighted by Gasteiger charge is -2.12. The second-order valence-electron chi connectivity index (χ2n) is 4.23. The van der Waals surface area contributed by atoms with E-state index >= 15 is 0 Å². The maximum Gasteiger partial charge on any atom is 0.264 e. The number of rotatable bonds is 4. The molecule has 0 bridgehead atoms. The molecule has 0 saturated carbocycles. The van der Waals surface area contributed by atoms with Gasteiger partial charge in [-0.15, -0.1) is 27.8 Å². The number of nitrogens with one attached hydrogen (secondary N) is 1. The molecule has 108 valence electrons. The summed E-state index contributed by atoms with van der Waals surface area (Å²) in [5, 5.41) is 15.8. The molecule has 3 aromatic heterocycles. The van der Waals surface area contributed by atoms with Gasteiger partial charge in [-0.2, -0.15) is 4.68 Å². The van der Waals surface area contributed by atoms with E-state index < -0.39 is 0 Å². The van der Waals surface area contributed by atoms with E-state index in [0.29, 0.717) is 14.9 Å². The quantitative estimate of drug-likeness (QED) is 0.793. The van der Waals surface area contributed by atoms with E-state index in [9.17, 15) is 4.79 Å². The van der Waals surface area contributed by atoms with Crippen LogP contribution in [-0.4, -0.2) is 26.1 Å². The molecule has 0 fully saturated rings. The average molecular weight is 340 g/mol. The number of carbonyl (C=O) groups is 1. The Balaban J connectivity index is 1.79. The van der Waals surface area contributed by atoms with Crippen LogP contribution in [-0.2, 0) is 0 Å². The first-order chi connectivity index (χ1) is 10.1. The molecule has 0 radical (unpaired) electrons. The molecule has 3 rings (SSSR count). The second kappa shape index (κ2) is 5.92. The first-order valence-electron chi connectivity index (χ1n) is 6.02. The van der Waals surface area contributed by atoms with Crippen LogP contribution in [0.3, 0.4) is 0 Å². The van der Waals surface area contributed by atoms with Gasteiger partial charge in [-0.25, -0.2) is 0 Å². The monoisotopic (exact) mass is 339 g/mol. The van der Waals surface area contributed by atoms with E-state index in [1.165, 1.54) is 33.7 Å². The summed E-state index contributed by atoms with van der Waals surface area (Å²) >= 11 is 8.72.